The molecule has 0 radical (unpaired) electrons. The first kappa shape index (κ1) is 16.4. The minimum Gasteiger partial charge on any atom is -0.262 e. The molecular formula is C13H11Br2FN2O2S. The number of nitrogens with zero attached hydrogens (tertiary/aromatic N) is 1. The van der Waals surface area contributed by atoms with Crippen molar-refractivity contribution in [3.05, 3.63) is 50.3 Å². The molecule has 0 unspecified atom stereocenters. The molecule has 21 heavy (non-hydrogen) atoms. The van der Waals surface area contributed by atoms with E-state index in [-0.39, 0.29) is 16.3 Å². The van der Waals surface area contributed by atoms with Gasteiger partial charge in [0.25, 0.3) is 10.0 Å². The molecule has 2 rings (SSSR count). The van der Waals surface area contributed by atoms with Crippen LogP contribution in [0.1, 0.15) is 11.3 Å². The zero-order chi connectivity index (χ0) is 15.8. The van der Waals surface area contributed by atoms with Crippen LogP contribution in [0.15, 0.2) is 38.1 Å². The van der Waals surface area contributed by atoms with Gasteiger partial charge in [-0.15, -0.1) is 0 Å². The van der Waals surface area contributed by atoms with E-state index in [2.05, 4.69) is 41.6 Å². The molecule has 2 aromatic rings. The molecule has 0 aliphatic heterocycles. The van der Waals surface area contributed by atoms with Crippen molar-refractivity contribution in [2.45, 2.75) is 18.7 Å². The van der Waals surface area contributed by atoms with Crippen LogP contribution in [0.2, 0.25) is 0 Å². The van der Waals surface area contributed by atoms with Crippen LogP contribution in [-0.2, 0) is 10.0 Å². The Bertz CT molecular complexity index is 810. The number of pyridine rings is 1. The lowest BCUT2D eigenvalue weighted by Crippen LogP contribution is -2.15. The molecule has 112 valence electrons. The summed E-state index contributed by atoms with van der Waals surface area (Å²) in [5.41, 5.74) is 0.906. The zero-order valence-corrected chi connectivity index (χ0v) is 15.1. The monoisotopic (exact) mass is 436 g/mol. The minimum absolute atomic E-state index is 0.0179. The van der Waals surface area contributed by atoms with Crippen LogP contribution in [0.25, 0.3) is 0 Å². The molecule has 1 N–H and O–H groups in total. The average molecular weight is 438 g/mol. The second kappa shape index (κ2) is 6.02. The van der Waals surface area contributed by atoms with Crippen molar-refractivity contribution in [2.24, 2.45) is 0 Å². The van der Waals surface area contributed by atoms with Gasteiger partial charge in [-0.2, -0.15) is 0 Å². The highest BCUT2D eigenvalue weighted by molar-refractivity contribution is 9.11. The molecule has 0 atom stereocenters. The lowest BCUT2D eigenvalue weighted by Gasteiger charge is -2.11. The topological polar surface area (TPSA) is 59.1 Å². The average Bonchev–Trinajstić information content (AvgIpc) is 2.39. The van der Waals surface area contributed by atoms with E-state index in [9.17, 15) is 12.8 Å². The second-order valence-electron chi connectivity index (χ2n) is 4.40. The number of hydrogen-bond acceptors (Lipinski definition) is 3. The van der Waals surface area contributed by atoms with Crippen LogP contribution < -0.4 is 4.72 Å². The molecule has 0 aliphatic carbocycles. The first-order valence-corrected chi connectivity index (χ1v) is 8.89. The molecule has 1 heterocycles. The van der Waals surface area contributed by atoms with Crippen molar-refractivity contribution in [1.29, 1.82) is 0 Å². The minimum atomic E-state index is -3.83. The van der Waals surface area contributed by atoms with Crippen molar-refractivity contribution in [2.75, 3.05) is 4.72 Å². The molecule has 0 fully saturated rings. The van der Waals surface area contributed by atoms with Gasteiger partial charge < -0.3 is 0 Å². The highest BCUT2D eigenvalue weighted by Crippen LogP contribution is 2.28. The molecule has 4 nitrogen and oxygen atoms in total. The summed E-state index contributed by atoms with van der Waals surface area (Å²) in [6, 6.07) is 5.32. The number of aromatic nitrogens is 1. The lowest BCUT2D eigenvalue weighted by atomic mass is 10.2. The van der Waals surface area contributed by atoms with Crippen LogP contribution in [0, 0.1) is 19.7 Å². The van der Waals surface area contributed by atoms with E-state index in [1.54, 1.807) is 13.0 Å². The fraction of sp³-hybridized carbons (Fsp3) is 0.154. The number of rotatable bonds is 3. The van der Waals surface area contributed by atoms with Gasteiger partial charge in [0.15, 0.2) is 5.82 Å². The normalized spacial score (nSPS) is 11.5. The van der Waals surface area contributed by atoms with E-state index in [0.717, 1.165) is 10.5 Å². The second-order valence-corrected chi connectivity index (χ2v) is 7.79. The maximum atomic E-state index is 13.2. The highest BCUT2D eigenvalue weighted by Gasteiger charge is 2.18. The van der Waals surface area contributed by atoms with E-state index in [1.807, 2.05) is 0 Å². The quantitative estimate of drug-likeness (QED) is 0.784. The van der Waals surface area contributed by atoms with Gasteiger partial charge in [0.1, 0.15) is 5.82 Å². The predicted molar refractivity (Wildman–Crippen MR) is 86.3 cm³/mol. The summed E-state index contributed by atoms with van der Waals surface area (Å²) in [5.74, 6) is -0.273. The Kier molecular flexibility index (Phi) is 4.69. The van der Waals surface area contributed by atoms with Crippen molar-refractivity contribution >= 4 is 47.7 Å². The van der Waals surface area contributed by atoms with Crippen LogP contribution in [0.5, 0.6) is 0 Å². The fourth-order valence-corrected chi connectivity index (χ4v) is 3.88. The SMILES string of the molecule is Cc1cc(S(=O)(=O)Nc2nc(C)c(Br)cc2Br)ccc1F. The van der Waals surface area contributed by atoms with Crippen molar-refractivity contribution in [3.63, 3.8) is 0 Å². The summed E-state index contributed by atoms with van der Waals surface area (Å²) in [7, 11) is -3.83. The number of hydrogen-bond donors (Lipinski definition) is 1. The number of nitrogens with one attached hydrogen (secondary N) is 1. The van der Waals surface area contributed by atoms with Crippen LogP contribution >= 0.6 is 31.9 Å². The van der Waals surface area contributed by atoms with Gasteiger partial charge in [-0.05, 0) is 75.5 Å². The van der Waals surface area contributed by atoms with Gasteiger partial charge in [0.2, 0.25) is 0 Å². The standard InChI is InChI=1S/C13H11Br2FN2O2S/c1-7-5-9(3-4-12(7)16)21(19,20)18-13-11(15)6-10(14)8(2)17-13/h3-6H,1-2H3,(H,17,18). The first-order chi connectivity index (χ1) is 9.70. The Morgan fingerprint density at radius 2 is 1.81 bits per heavy atom. The van der Waals surface area contributed by atoms with Crippen LogP contribution in [0.3, 0.4) is 0 Å². The fourth-order valence-electron chi connectivity index (χ4n) is 1.60. The Morgan fingerprint density at radius 1 is 1.14 bits per heavy atom. The van der Waals surface area contributed by atoms with E-state index in [4.69, 9.17) is 0 Å². The number of aryl methyl sites for hydroxylation is 2. The molecule has 0 aliphatic rings. The van der Waals surface area contributed by atoms with Gasteiger partial charge in [-0.1, -0.05) is 0 Å². The Hall–Kier alpha value is -0.990. The summed E-state index contributed by atoms with van der Waals surface area (Å²) in [4.78, 5) is 4.15. The summed E-state index contributed by atoms with van der Waals surface area (Å²) < 4.78 is 41.5. The summed E-state index contributed by atoms with van der Waals surface area (Å²) in [5, 5.41) is 0. The van der Waals surface area contributed by atoms with Crippen molar-refractivity contribution < 1.29 is 12.8 Å². The number of sulfonamides is 1. The van der Waals surface area contributed by atoms with E-state index in [0.29, 0.717) is 10.2 Å². The molecular weight excluding hydrogens is 427 g/mol. The maximum absolute atomic E-state index is 13.2. The summed E-state index contributed by atoms with van der Waals surface area (Å²) >= 11 is 6.56. The molecule has 1 aromatic heterocycles. The smallest absolute Gasteiger partial charge is 0.262 e. The Labute approximate surface area is 139 Å². The van der Waals surface area contributed by atoms with E-state index >= 15 is 0 Å². The predicted octanol–water partition coefficient (Wildman–Crippen LogP) is 4.16. The number of benzene rings is 1. The van der Waals surface area contributed by atoms with Gasteiger partial charge in [-0.25, -0.2) is 17.8 Å². The van der Waals surface area contributed by atoms with Gasteiger partial charge >= 0.3 is 0 Å². The van der Waals surface area contributed by atoms with Gasteiger partial charge in [-0.3, -0.25) is 4.72 Å². The number of halogens is 3. The van der Waals surface area contributed by atoms with Crippen molar-refractivity contribution in [1.82, 2.24) is 4.98 Å². The van der Waals surface area contributed by atoms with E-state index in [1.165, 1.54) is 19.1 Å². The molecule has 0 amide bonds. The summed E-state index contributed by atoms with van der Waals surface area (Å²) in [6.45, 7) is 3.25. The molecule has 8 heteroatoms. The molecule has 0 bridgehead atoms. The highest BCUT2D eigenvalue weighted by atomic mass is 79.9. The largest absolute Gasteiger partial charge is 0.263 e. The molecule has 1 aromatic carbocycles. The van der Waals surface area contributed by atoms with Gasteiger partial charge in [0.05, 0.1) is 15.1 Å². The number of anilines is 1. The molecule has 0 saturated heterocycles. The first-order valence-electron chi connectivity index (χ1n) is 5.82. The summed E-state index contributed by atoms with van der Waals surface area (Å²) in [6.07, 6.45) is 0. The van der Waals surface area contributed by atoms with Crippen LogP contribution in [0.4, 0.5) is 10.2 Å². The lowest BCUT2D eigenvalue weighted by molar-refractivity contribution is 0.598. The maximum Gasteiger partial charge on any atom is 0.263 e. The third kappa shape index (κ3) is 3.61. The molecule has 0 saturated carbocycles. The van der Waals surface area contributed by atoms with Crippen LogP contribution in [-0.4, -0.2) is 13.4 Å². The van der Waals surface area contributed by atoms with E-state index < -0.39 is 15.8 Å². The Balaban J connectivity index is 2.42. The third-order valence-electron chi connectivity index (χ3n) is 2.78. The Morgan fingerprint density at radius 3 is 2.43 bits per heavy atom. The zero-order valence-electron chi connectivity index (χ0n) is 11.1. The van der Waals surface area contributed by atoms with Crippen molar-refractivity contribution in [3.8, 4) is 0 Å². The molecule has 0 spiro atoms. The third-order valence-corrected chi connectivity index (χ3v) is 5.52. The van der Waals surface area contributed by atoms with Gasteiger partial charge in [0, 0.05) is 4.47 Å².